The highest BCUT2D eigenvalue weighted by Crippen LogP contribution is 2.27. The fourth-order valence-electron chi connectivity index (χ4n) is 2.40. The van der Waals surface area contributed by atoms with Crippen molar-refractivity contribution < 1.29 is 23.8 Å². The van der Waals surface area contributed by atoms with E-state index in [0.717, 1.165) is 5.56 Å². The first-order valence-electron chi connectivity index (χ1n) is 8.26. The van der Waals surface area contributed by atoms with E-state index in [9.17, 15) is 9.59 Å². The number of benzene rings is 2. The van der Waals surface area contributed by atoms with E-state index >= 15 is 0 Å². The van der Waals surface area contributed by atoms with Crippen LogP contribution in [0.25, 0.3) is 0 Å². The van der Waals surface area contributed by atoms with Gasteiger partial charge in [0.2, 0.25) is 0 Å². The molecule has 26 heavy (non-hydrogen) atoms. The van der Waals surface area contributed by atoms with Gasteiger partial charge in [0.25, 0.3) is 5.91 Å². The Labute approximate surface area is 153 Å². The van der Waals surface area contributed by atoms with Crippen LogP contribution in [-0.4, -0.2) is 39.2 Å². The number of ether oxygens (including phenoxy) is 3. The number of hydrogen-bond donors (Lipinski definition) is 1. The second-order valence-corrected chi connectivity index (χ2v) is 5.76. The van der Waals surface area contributed by atoms with Crippen molar-refractivity contribution >= 4 is 11.9 Å². The maximum Gasteiger partial charge on any atom is 0.338 e. The third kappa shape index (κ3) is 5.24. The molecule has 6 heteroatoms. The minimum absolute atomic E-state index is 0.168. The lowest BCUT2D eigenvalue weighted by molar-refractivity contribution is -0.124. The maximum atomic E-state index is 12.1. The van der Waals surface area contributed by atoms with Crippen LogP contribution in [0.15, 0.2) is 48.5 Å². The normalized spacial score (nSPS) is 11.3. The van der Waals surface area contributed by atoms with Crippen molar-refractivity contribution in [2.24, 2.45) is 0 Å². The zero-order chi connectivity index (χ0) is 18.9. The number of esters is 1. The van der Waals surface area contributed by atoms with Crippen LogP contribution in [0.4, 0.5) is 0 Å². The minimum Gasteiger partial charge on any atom is -0.493 e. The number of carbonyl (C=O) groups is 2. The molecule has 0 aliphatic rings. The third-order valence-electron chi connectivity index (χ3n) is 3.93. The molecule has 1 N–H and O–H groups in total. The van der Waals surface area contributed by atoms with Crippen LogP contribution in [0.2, 0.25) is 0 Å². The summed E-state index contributed by atoms with van der Waals surface area (Å²) in [7, 11) is 2.99. The van der Waals surface area contributed by atoms with Gasteiger partial charge in [0.05, 0.1) is 19.8 Å². The van der Waals surface area contributed by atoms with E-state index in [1.165, 1.54) is 20.3 Å². The van der Waals surface area contributed by atoms with Gasteiger partial charge in [-0.1, -0.05) is 37.3 Å². The van der Waals surface area contributed by atoms with Crippen LogP contribution < -0.4 is 14.8 Å². The predicted molar refractivity (Wildman–Crippen MR) is 97.7 cm³/mol. The van der Waals surface area contributed by atoms with Gasteiger partial charge in [-0.3, -0.25) is 4.79 Å². The lowest BCUT2D eigenvalue weighted by Gasteiger charge is -2.13. The van der Waals surface area contributed by atoms with Crippen LogP contribution >= 0.6 is 0 Å². The zero-order valence-electron chi connectivity index (χ0n) is 15.2. The second-order valence-electron chi connectivity index (χ2n) is 5.76. The fraction of sp³-hybridized carbons (Fsp3) is 0.300. The lowest BCUT2D eigenvalue weighted by Crippen LogP contribution is -2.31. The topological polar surface area (TPSA) is 73.9 Å². The average Bonchev–Trinajstić information content (AvgIpc) is 2.70. The first kappa shape index (κ1) is 19.3. The molecule has 0 saturated heterocycles. The number of rotatable bonds is 8. The molecule has 0 fully saturated rings. The summed E-state index contributed by atoms with van der Waals surface area (Å²) in [5.41, 5.74) is 1.42. The highest BCUT2D eigenvalue weighted by molar-refractivity contribution is 5.92. The van der Waals surface area contributed by atoms with Gasteiger partial charge in [-0.2, -0.15) is 0 Å². The van der Waals surface area contributed by atoms with E-state index in [1.807, 2.05) is 37.3 Å². The first-order chi connectivity index (χ1) is 12.5. The molecule has 0 heterocycles. The molecule has 1 atom stereocenters. The summed E-state index contributed by atoms with van der Waals surface area (Å²) in [4.78, 5) is 24.0. The lowest BCUT2D eigenvalue weighted by atomic mass is 10.0. The smallest absolute Gasteiger partial charge is 0.338 e. The van der Waals surface area contributed by atoms with Crippen molar-refractivity contribution in [3.05, 3.63) is 59.7 Å². The van der Waals surface area contributed by atoms with E-state index in [4.69, 9.17) is 14.2 Å². The molecule has 0 spiro atoms. The van der Waals surface area contributed by atoms with Gasteiger partial charge in [-0.05, 0) is 29.7 Å². The van der Waals surface area contributed by atoms with E-state index in [0.29, 0.717) is 18.0 Å². The fourth-order valence-corrected chi connectivity index (χ4v) is 2.40. The van der Waals surface area contributed by atoms with Crippen molar-refractivity contribution in [1.29, 1.82) is 0 Å². The molecule has 0 aliphatic carbocycles. The molecule has 0 aliphatic heterocycles. The molecule has 0 saturated carbocycles. The van der Waals surface area contributed by atoms with Crippen LogP contribution in [0.1, 0.15) is 28.8 Å². The zero-order valence-corrected chi connectivity index (χ0v) is 15.2. The van der Waals surface area contributed by atoms with Crippen molar-refractivity contribution in [3.8, 4) is 11.5 Å². The largest absolute Gasteiger partial charge is 0.493 e. The molecular weight excluding hydrogens is 334 g/mol. The first-order valence-corrected chi connectivity index (χ1v) is 8.26. The Morgan fingerprint density at radius 3 is 2.35 bits per heavy atom. The van der Waals surface area contributed by atoms with E-state index in [1.54, 1.807) is 12.1 Å². The van der Waals surface area contributed by atoms with Crippen molar-refractivity contribution in [1.82, 2.24) is 5.32 Å². The quantitative estimate of drug-likeness (QED) is 0.736. The van der Waals surface area contributed by atoms with Gasteiger partial charge in [0.1, 0.15) is 0 Å². The Morgan fingerprint density at radius 1 is 1.00 bits per heavy atom. The summed E-state index contributed by atoms with van der Waals surface area (Å²) in [6.45, 7) is 2.15. The number of amides is 1. The summed E-state index contributed by atoms with van der Waals surface area (Å²) in [6.07, 6.45) is 0. The monoisotopic (exact) mass is 357 g/mol. The molecule has 0 bridgehead atoms. The molecule has 0 aromatic heterocycles. The number of methoxy groups -OCH3 is 2. The Kier molecular flexibility index (Phi) is 7.02. The highest BCUT2D eigenvalue weighted by atomic mass is 16.5. The SMILES string of the molecule is COc1ccc(C(=O)OCC(=O)NC[C@@H](C)c2ccccc2)cc1OC. The molecule has 1 amide bonds. The molecule has 138 valence electrons. The Hall–Kier alpha value is -3.02. The van der Waals surface area contributed by atoms with Crippen molar-refractivity contribution in [2.45, 2.75) is 12.8 Å². The third-order valence-corrected chi connectivity index (χ3v) is 3.93. The Bertz CT molecular complexity index is 745. The summed E-state index contributed by atoms with van der Waals surface area (Å²) < 4.78 is 15.3. The number of carbonyl (C=O) groups excluding carboxylic acids is 2. The number of nitrogens with one attached hydrogen (secondary N) is 1. The average molecular weight is 357 g/mol. The van der Waals surface area contributed by atoms with Crippen molar-refractivity contribution in [2.75, 3.05) is 27.4 Å². The molecule has 2 rings (SSSR count). The van der Waals surface area contributed by atoms with E-state index < -0.39 is 5.97 Å². The molecule has 6 nitrogen and oxygen atoms in total. The Balaban J connectivity index is 1.82. The molecule has 0 radical (unpaired) electrons. The highest BCUT2D eigenvalue weighted by Gasteiger charge is 2.14. The van der Waals surface area contributed by atoms with Gasteiger partial charge in [-0.15, -0.1) is 0 Å². The Morgan fingerprint density at radius 2 is 1.69 bits per heavy atom. The summed E-state index contributed by atoms with van der Waals surface area (Å²) >= 11 is 0. The van der Waals surface area contributed by atoms with Gasteiger partial charge < -0.3 is 19.5 Å². The number of hydrogen-bond acceptors (Lipinski definition) is 5. The molecule has 0 unspecified atom stereocenters. The standard InChI is InChI=1S/C20H23NO5/c1-14(15-7-5-4-6-8-15)12-21-19(22)13-26-20(23)16-9-10-17(24-2)18(11-16)25-3/h4-11,14H,12-13H2,1-3H3,(H,21,22)/t14-/m1/s1. The van der Waals surface area contributed by atoms with Crippen LogP contribution in [-0.2, 0) is 9.53 Å². The van der Waals surface area contributed by atoms with Gasteiger partial charge in [0, 0.05) is 6.54 Å². The van der Waals surface area contributed by atoms with Gasteiger partial charge >= 0.3 is 5.97 Å². The van der Waals surface area contributed by atoms with E-state index in [2.05, 4.69) is 5.32 Å². The van der Waals surface area contributed by atoms with Gasteiger partial charge in [0.15, 0.2) is 18.1 Å². The minimum atomic E-state index is -0.600. The summed E-state index contributed by atoms with van der Waals surface area (Å²) in [5.74, 6) is 0.153. The van der Waals surface area contributed by atoms with Gasteiger partial charge in [-0.25, -0.2) is 4.79 Å². The molecule has 2 aromatic carbocycles. The van der Waals surface area contributed by atoms with Crippen LogP contribution in [0.5, 0.6) is 11.5 Å². The second kappa shape index (κ2) is 9.46. The molecule has 2 aromatic rings. The van der Waals surface area contributed by atoms with Crippen molar-refractivity contribution in [3.63, 3.8) is 0 Å². The summed E-state index contributed by atoms with van der Waals surface area (Å²) in [5, 5.41) is 2.77. The van der Waals surface area contributed by atoms with Crippen LogP contribution in [0.3, 0.4) is 0 Å². The summed E-state index contributed by atoms with van der Waals surface area (Å²) in [6, 6.07) is 14.5. The van der Waals surface area contributed by atoms with Crippen LogP contribution in [0, 0.1) is 0 Å². The molecular formula is C20H23NO5. The maximum absolute atomic E-state index is 12.1. The van der Waals surface area contributed by atoms with E-state index in [-0.39, 0.29) is 24.0 Å². The predicted octanol–water partition coefficient (Wildman–Crippen LogP) is 2.78.